The highest BCUT2D eigenvalue weighted by Crippen LogP contribution is 2.23. The number of carbonyl (C=O) groups is 1. The number of hydrogen-bond donors (Lipinski definition) is 1. The van der Waals surface area contributed by atoms with Crippen LogP contribution in [0.1, 0.15) is 29.4 Å². The zero-order valence-corrected chi connectivity index (χ0v) is 9.53. The maximum atomic E-state index is 11.3. The van der Waals surface area contributed by atoms with E-state index in [1.54, 1.807) is 4.68 Å². The lowest BCUT2D eigenvalue weighted by Crippen LogP contribution is -2.12. The summed E-state index contributed by atoms with van der Waals surface area (Å²) in [6.45, 7) is 2.11. The van der Waals surface area contributed by atoms with E-state index in [0.717, 1.165) is 29.3 Å². The highest BCUT2D eigenvalue weighted by Gasteiger charge is 2.15. The van der Waals surface area contributed by atoms with Crippen LogP contribution in [0.5, 0.6) is 0 Å². The van der Waals surface area contributed by atoms with Gasteiger partial charge in [-0.05, 0) is 18.1 Å². The maximum absolute atomic E-state index is 11.3. The first-order chi connectivity index (χ1) is 7.65. The SMILES string of the molecule is CCCc1cccc2c1c(C(N)=O)nn2C. The molecule has 0 fully saturated rings. The van der Waals surface area contributed by atoms with E-state index in [2.05, 4.69) is 12.0 Å². The highest BCUT2D eigenvalue weighted by molar-refractivity contribution is 6.05. The Morgan fingerprint density at radius 2 is 2.25 bits per heavy atom. The Kier molecular flexibility index (Phi) is 2.64. The van der Waals surface area contributed by atoms with Crippen molar-refractivity contribution < 1.29 is 4.79 Å². The van der Waals surface area contributed by atoms with Crippen molar-refractivity contribution in [1.29, 1.82) is 0 Å². The number of benzene rings is 1. The number of nitrogens with two attached hydrogens (primary N) is 1. The van der Waals surface area contributed by atoms with Crippen LogP contribution >= 0.6 is 0 Å². The molecule has 0 atom stereocenters. The molecule has 16 heavy (non-hydrogen) atoms. The van der Waals surface area contributed by atoms with Crippen molar-refractivity contribution >= 4 is 16.8 Å². The predicted molar refractivity (Wildman–Crippen MR) is 63.2 cm³/mol. The van der Waals surface area contributed by atoms with Gasteiger partial charge in [-0.1, -0.05) is 25.5 Å². The Morgan fingerprint density at radius 3 is 2.88 bits per heavy atom. The predicted octanol–water partition coefficient (Wildman–Crippen LogP) is 1.62. The molecule has 1 heterocycles. The summed E-state index contributed by atoms with van der Waals surface area (Å²) in [7, 11) is 1.82. The molecule has 0 bridgehead atoms. The summed E-state index contributed by atoms with van der Waals surface area (Å²) in [5.41, 5.74) is 7.82. The molecule has 4 nitrogen and oxygen atoms in total. The second-order valence-electron chi connectivity index (χ2n) is 3.90. The molecule has 0 aliphatic rings. The fourth-order valence-corrected chi connectivity index (χ4v) is 2.03. The molecule has 2 rings (SSSR count). The molecule has 1 amide bonds. The normalized spacial score (nSPS) is 10.9. The van der Waals surface area contributed by atoms with Gasteiger partial charge in [0.2, 0.25) is 0 Å². The Bertz CT molecular complexity index is 542. The van der Waals surface area contributed by atoms with Crippen LogP contribution < -0.4 is 5.73 Å². The van der Waals surface area contributed by atoms with E-state index in [1.165, 1.54) is 0 Å². The zero-order valence-electron chi connectivity index (χ0n) is 9.53. The molecule has 2 N–H and O–H groups in total. The van der Waals surface area contributed by atoms with Crippen molar-refractivity contribution in [2.24, 2.45) is 12.8 Å². The number of primary amides is 1. The minimum absolute atomic E-state index is 0.376. The Labute approximate surface area is 94.0 Å². The average Bonchev–Trinajstić information content (AvgIpc) is 2.58. The number of hydrogen-bond acceptors (Lipinski definition) is 2. The summed E-state index contributed by atoms with van der Waals surface area (Å²) in [6, 6.07) is 5.97. The van der Waals surface area contributed by atoms with E-state index in [0.29, 0.717) is 5.69 Å². The van der Waals surface area contributed by atoms with E-state index >= 15 is 0 Å². The van der Waals surface area contributed by atoms with Crippen LogP contribution in [0.2, 0.25) is 0 Å². The summed E-state index contributed by atoms with van der Waals surface area (Å²) in [6.07, 6.45) is 1.97. The van der Waals surface area contributed by atoms with Crippen LogP contribution in [0.3, 0.4) is 0 Å². The first-order valence-corrected chi connectivity index (χ1v) is 5.39. The van der Waals surface area contributed by atoms with Crippen molar-refractivity contribution in [1.82, 2.24) is 9.78 Å². The van der Waals surface area contributed by atoms with E-state index in [4.69, 9.17) is 5.73 Å². The summed E-state index contributed by atoms with van der Waals surface area (Å²) in [5.74, 6) is -0.464. The summed E-state index contributed by atoms with van der Waals surface area (Å²) in [4.78, 5) is 11.3. The third-order valence-electron chi connectivity index (χ3n) is 2.72. The summed E-state index contributed by atoms with van der Waals surface area (Å²) < 4.78 is 1.70. The largest absolute Gasteiger partial charge is 0.364 e. The molecule has 0 saturated carbocycles. The van der Waals surface area contributed by atoms with Crippen LogP contribution in [0.4, 0.5) is 0 Å². The molecule has 0 saturated heterocycles. The molecule has 2 aromatic rings. The lowest BCUT2D eigenvalue weighted by atomic mass is 10.0. The molecule has 0 radical (unpaired) electrons. The molecular formula is C12H15N3O. The van der Waals surface area contributed by atoms with E-state index in [9.17, 15) is 4.79 Å². The third kappa shape index (κ3) is 1.56. The van der Waals surface area contributed by atoms with Gasteiger partial charge in [0.25, 0.3) is 5.91 Å². The lowest BCUT2D eigenvalue weighted by Gasteiger charge is -2.02. The minimum Gasteiger partial charge on any atom is -0.364 e. The van der Waals surface area contributed by atoms with E-state index < -0.39 is 5.91 Å². The van der Waals surface area contributed by atoms with Crippen LogP contribution in [0.15, 0.2) is 18.2 Å². The molecule has 1 aromatic carbocycles. The minimum atomic E-state index is -0.464. The van der Waals surface area contributed by atoms with Gasteiger partial charge in [-0.2, -0.15) is 5.10 Å². The molecule has 0 aliphatic heterocycles. The van der Waals surface area contributed by atoms with Gasteiger partial charge in [0, 0.05) is 12.4 Å². The number of aryl methyl sites for hydroxylation is 2. The highest BCUT2D eigenvalue weighted by atomic mass is 16.1. The smallest absolute Gasteiger partial charge is 0.269 e. The lowest BCUT2D eigenvalue weighted by molar-refractivity contribution is 0.0996. The van der Waals surface area contributed by atoms with E-state index in [-0.39, 0.29) is 0 Å². The van der Waals surface area contributed by atoms with E-state index in [1.807, 2.05) is 25.2 Å². The maximum Gasteiger partial charge on any atom is 0.269 e. The van der Waals surface area contributed by atoms with Gasteiger partial charge in [0.05, 0.1) is 5.52 Å². The van der Waals surface area contributed by atoms with Crippen LogP contribution in [0, 0.1) is 0 Å². The number of amides is 1. The van der Waals surface area contributed by atoms with Gasteiger partial charge in [-0.25, -0.2) is 0 Å². The zero-order chi connectivity index (χ0) is 11.7. The molecule has 0 spiro atoms. The van der Waals surface area contributed by atoms with Gasteiger partial charge in [-0.3, -0.25) is 9.48 Å². The Balaban J connectivity index is 2.77. The topological polar surface area (TPSA) is 60.9 Å². The van der Waals surface area contributed by atoms with Gasteiger partial charge in [-0.15, -0.1) is 0 Å². The van der Waals surface area contributed by atoms with Gasteiger partial charge in [0.15, 0.2) is 5.69 Å². The van der Waals surface area contributed by atoms with Crippen molar-refractivity contribution in [3.8, 4) is 0 Å². The van der Waals surface area contributed by atoms with Crippen LogP contribution in [-0.4, -0.2) is 15.7 Å². The second kappa shape index (κ2) is 3.96. The summed E-state index contributed by atoms with van der Waals surface area (Å²) in [5, 5.41) is 5.08. The number of aromatic nitrogens is 2. The molecule has 0 aliphatic carbocycles. The fraction of sp³-hybridized carbons (Fsp3) is 0.333. The number of nitrogens with zero attached hydrogens (tertiary/aromatic N) is 2. The summed E-state index contributed by atoms with van der Waals surface area (Å²) >= 11 is 0. The van der Waals surface area contributed by atoms with Crippen LogP contribution in [-0.2, 0) is 13.5 Å². The molecule has 0 unspecified atom stereocenters. The average molecular weight is 217 g/mol. The Hall–Kier alpha value is -1.84. The third-order valence-corrected chi connectivity index (χ3v) is 2.72. The van der Waals surface area contributed by atoms with Gasteiger partial charge >= 0.3 is 0 Å². The molecule has 1 aromatic heterocycles. The van der Waals surface area contributed by atoms with Gasteiger partial charge in [0.1, 0.15) is 0 Å². The number of rotatable bonds is 3. The van der Waals surface area contributed by atoms with Crippen molar-refractivity contribution in [3.63, 3.8) is 0 Å². The first-order valence-electron chi connectivity index (χ1n) is 5.39. The number of fused-ring (bicyclic) bond motifs is 1. The second-order valence-corrected chi connectivity index (χ2v) is 3.90. The molecule has 84 valence electrons. The standard InChI is InChI=1S/C12H15N3O/c1-3-5-8-6-4-7-9-10(8)11(12(13)16)14-15(9)2/h4,6-7H,3,5H2,1-2H3,(H2,13,16). The monoisotopic (exact) mass is 217 g/mol. The fourth-order valence-electron chi connectivity index (χ4n) is 2.03. The van der Waals surface area contributed by atoms with Crippen molar-refractivity contribution in [3.05, 3.63) is 29.5 Å². The number of carbonyl (C=O) groups excluding carboxylic acids is 1. The van der Waals surface area contributed by atoms with Gasteiger partial charge < -0.3 is 5.73 Å². The first kappa shape index (κ1) is 10.7. The van der Waals surface area contributed by atoms with Crippen molar-refractivity contribution in [2.75, 3.05) is 0 Å². The van der Waals surface area contributed by atoms with Crippen molar-refractivity contribution in [2.45, 2.75) is 19.8 Å². The molecular weight excluding hydrogens is 202 g/mol. The van der Waals surface area contributed by atoms with Crippen LogP contribution in [0.25, 0.3) is 10.9 Å². The molecule has 4 heteroatoms. The quantitative estimate of drug-likeness (QED) is 0.849. The Morgan fingerprint density at radius 1 is 1.50 bits per heavy atom.